The highest BCUT2D eigenvalue weighted by molar-refractivity contribution is 7.08. The molecule has 0 unspecified atom stereocenters. The van der Waals surface area contributed by atoms with Crippen LogP contribution in [0.25, 0.3) is 0 Å². The second-order valence-corrected chi connectivity index (χ2v) is 6.85. The average Bonchev–Trinajstić information content (AvgIpc) is 2.89. The van der Waals surface area contributed by atoms with Crippen molar-refractivity contribution in [1.82, 2.24) is 15.5 Å². The van der Waals surface area contributed by atoms with Crippen LogP contribution in [0.15, 0.2) is 16.8 Å². The quantitative estimate of drug-likeness (QED) is 0.826. The second-order valence-electron chi connectivity index (χ2n) is 6.07. The van der Waals surface area contributed by atoms with Crippen molar-refractivity contribution in [3.05, 3.63) is 22.4 Å². The average molecular weight is 325 g/mol. The van der Waals surface area contributed by atoms with Crippen molar-refractivity contribution < 1.29 is 14.4 Å². The Morgan fingerprint density at radius 2 is 1.95 bits per heavy atom. The van der Waals surface area contributed by atoms with E-state index in [4.69, 9.17) is 0 Å². The minimum absolute atomic E-state index is 0.00851. The highest BCUT2D eigenvalue weighted by Crippen LogP contribution is 2.05. The van der Waals surface area contributed by atoms with Crippen LogP contribution in [-0.4, -0.2) is 48.3 Å². The summed E-state index contributed by atoms with van der Waals surface area (Å²) in [6.45, 7) is 5.90. The van der Waals surface area contributed by atoms with Crippen LogP contribution in [0.3, 0.4) is 0 Å². The molecule has 0 bridgehead atoms. The third-order valence-corrected chi connectivity index (χ3v) is 3.41. The molecular weight excluding hydrogens is 302 g/mol. The number of likely N-dealkylation sites (N-methyl/N-ethyl adjacent to an activating group) is 1. The van der Waals surface area contributed by atoms with Gasteiger partial charge in [0.2, 0.25) is 11.8 Å². The van der Waals surface area contributed by atoms with Gasteiger partial charge in [0, 0.05) is 36.5 Å². The Hall–Kier alpha value is -1.89. The van der Waals surface area contributed by atoms with Crippen LogP contribution in [0.5, 0.6) is 0 Å². The molecular formula is C15H23N3O3S. The molecule has 1 heterocycles. The molecule has 22 heavy (non-hydrogen) atoms. The van der Waals surface area contributed by atoms with Gasteiger partial charge in [-0.1, -0.05) is 0 Å². The molecule has 0 saturated carbocycles. The van der Waals surface area contributed by atoms with Crippen molar-refractivity contribution in [2.75, 3.05) is 20.1 Å². The molecule has 0 radical (unpaired) electrons. The van der Waals surface area contributed by atoms with Gasteiger partial charge >= 0.3 is 0 Å². The molecule has 0 aliphatic heterocycles. The van der Waals surface area contributed by atoms with Crippen molar-refractivity contribution in [3.63, 3.8) is 0 Å². The third kappa shape index (κ3) is 6.71. The van der Waals surface area contributed by atoms with Crippen LogP contribution >= 0.6 is 11.3 Å². The standard InChI is InChI=1S/C15H23N3O3S/c1-15(2,3)17-12(19)9-18(4)13(20)5-7-16-14(21)11-6-8-22-10-11/h6,8,10H,5,7,9H2,1-4H3,(H,16,21)(H,17,19). The van der Waals surface area contributed by atoms with Gasteiger partial charge in [-0.2, -0.15) is 11.3 Å². The number of nitrogens with zero attached hydrogens (tertiary/aromatic N) is 1. The number of amides is 3. The normalized spacial score (nSPS) is 10.9. The number of hydrogen-bond acceptors (Lipinski definition) is 4. The lowest BCUT2D eigenvalue weighted by Gasteiger charge is -2.23. The van der Waals surface area contributed by atoms with Crippen molar-refractivity contribution in [2.45, 2.75) is 32.7 Å². The molecule has 0 aliphatic carbocycles. The minimum atomic E-state index is -0.324. The first kappa shape index (κ1) is 18.2. The lowest BCUT2D eigenvalue weighted by molar-refractivity contribution is -0.135. The van der Waals surface area contributed by atoms with E-state index in [0.29, 0.717) is 5.56 Å². The first-order valence-electron chi connectivity index (χ1n) is 7.04. The Labute approximate surface area is 134 Å². The fourth-order valence-corrected chi connectivity index (χ4v) is 2.37. The Morgan fingerprint density at radius 3 is 2.50 bits per heavy atom. The highest BCUT2D eigenvalue weighted by Gasteiger charge is 2.17. The van der Waals surface area contributed by atoms with Gasteiger partial charge in [-0.15, -0.1) is 0 Å². The summed E-state index contributed by atoms with van der Waals surface area (Å²) in [6, 6.07) is 1.73. The van der Waals surface area contributed by atoms with Gasteiger partial charge in [0.1, 0.15) is 0 Å². The predicted molar refractivity (Wildman–Crippen MR) is 86.8 cm³/mol. The molecule has 1 aromatic rings. The number of thiophene rings is 1. The predicted octanol–water partition coefficient (Wildman–Crippen LogP) is 1.24. The van der Waals surface area contributed by atoms with Crippen LogP contribution < -0.4 is 10.6 Å². The summed E-state index contributed by atoms with van der Waals surface area (Å²) in [4.78, 5) is 36.7. The van der Waals surface area contributed by atoms with Crippen molar-refractivity contribution in [2.24, 2.45) is 0 Å². The van der Waals surface area contributed by atoms with Gasteiger partial charge in [0.15, 0.2) is 0 Å². The largest absolute Gasteiger partial charge is 0.351 e. The van der Waals surface area contributed by atoms with Gasteiger partial charge in [0.05, 0.1) is 6.54 Å². The molecule has 7 heteroatoms. The third-order valence-electron chi connectivity index (χ3n) is 2.73. The molecule has 0 aromatic carbocycles. The summed E-state index contributed by atoms with van der Waals surface area (Å²) in [7, 11) is 1.57. The molecule has 0 fully saturated rings. The zero-order valence-corrected chi connectivity index (χ0v) is 14.3. The Morgan fingerprint density at radius 1 is 1.27 bits per heavy atom. The monoisotopic (exact) mass is 325 g/mol. The van der Waals surface area contributed by atoms with Gasteiger partial charge in [-0.25, -0.2) is 0 Å². The number of rotatable bonds is 6. The van der Waals surface area contributed by atoms with E-state index in [-0.39, 0.29) is 42.8 Å². The van der Waals surface area contributed by atoms with E-state index in [1.54, 1.807) is 18.5 Å². The van der Waals surface area contributed by atoms with Crippen molar-refractivity contribution >= 4 is 29.1 Å². The summed E-state index contributed by atoms with van der Waals surface area (Å²) in [5, 5.41) is 9.05. The fourth-order valence-electron chi connectivity index (χ4n) is 1.73. The van der Waals surface area contributed by atoms with E-state index in [1.165, 1.54) is 16.2 Å². The Balaban J connectivity index is 2.29. The first-order valence-corrected chi connectivity index (χ1v) is 7.98. The van der Waals surface area contributed by atoms with E-state index in [0.717, 1.165) is 0 Å². The van der Waals surface area contributed by atoms with Crippen LogP contribution in [0, 0.1) is 0 Å². The molecule has 2 N–H and O–H groups in total. The fraction of sp³-hybridized carbons (Fsp3) is 0.533. The van der Waals surface area contributed by atoms with Gasteiger partial charge < -0.3 is 15.5 Å². The van der Waals surface area contributed by atoms with E-state index < -0.39 is 0 Å². The second kappa shape index (κ2) is 7.93. The zero-order chi connectivity index (χ0) is 16.8. The molecule has 122 valence electrons. The summed E-state index contributed by atoms with van der Waals surface area (Å²) in [6.07, 6.45) is 0.162. The van der Waals surface area contributed by atoms with Crippen molar-refractivity contribution in [1.29, 1.82) is 0 Å². The minimum Gasteiger partial charge on any atom is -0.351 e. The lowest BCUT2D eigenvalue weighted by Crippen LogP contribution is -2.46. The van der Waals surface area contributed by atoms with E-state index >= 15 is 0 Å². The molecule has 0 spiro atoms. The van der Waals surface area contributed by atoms with E-state index in [9.17, 15) is 14.4 Å². The van der Waals surface area contributed by atoms with Crippen molar-refractivity contribution in [3.8, 4) is 0 Å². The summed E-state index contributed by atoms with van der Waals surface area (Å²) < 4.78 is 0. The lowest BCUT2D eigenvalue weighted by atomic mass is 10.1. The molecule has 6 nitrogen and oxygen atoms in total. The molecule has 0 saturated heterocycles. The smallest absolute Gasteiger partial charge is 0.252 e. The molecule has 1 aromatic heterocycles. The topological polar surface area (TPSA) is 78.5 Å². The number of carbonyl (C=O) groups excluding carboxylic acids is 3. The summed E-state index contributed by atoms with van der Waals surface area (Å²) in [5.74, 6) is -0.581. The Bertz CT molecular complexity index is 521. The molecule has 0 atom stereocenters. The number of nitrogens with one attached hydrogen (secondary N) is 2. The Kier molecular flexibility index (Phi) is 6.55. The van der Waals surface area contributed by atoms with Gasteiger partial charge in [-0.05, 0) is 32.2 Å². The molecule has 3 amide bonds. The number of hydrogen-bond donors (Lipinski definition) is 2. The molecule has 0 aliphatic rings. The highest BCUT2D eigenvalue weighted by atomic mass is 32.1. The summed E-state index contributed by atoms with van der Waals surface area (Å²) >= 11 is 1.44. The maximum absolute atomic E-state index is 11.9. The van der Waals surface area contributed by atoms with Crippen LogP contribution in [0.2, 0.25) is 0 Å². The summed E-state index contributed by atoms with van der Waals surface area (Å²) in [5.41, 5.74) is 0.269. The van der Waals surface area contributed by atoms with Gasteiger partial charge in [-0.3, -0.25) is 14.4 Å². The SMILES string of the molecule is CN(CC(=O)NC(C)(C)C)C(=O)CCNC(=O)c1ccsc1. The maximum Gasteiger partial charge on any atom is 0.252 e. The first-order chi connectivity index (χ1) is 10.2. The van der Waals surface area contributed by atoms with Gasteiger partial charge in [0.25, 0.3) is 5.91 Å². The molecule has 1 rings (SSSR count). The van der Waals surface area contributed by atoms with E-state index in [2.05, 4.69) is 10.6 Å². The van der Waals surface area contributed by atoms with E-state index in [1.807, 2.05) is 26.2 Å². The zero-order valence-electron chi connectivity index (χ0n) is 13.4. The maximum atomic E-state index is 11.9. The van der Waals surface area contributed by atoms with Crippen LogP contribution in [0.4, 0.5) is 0 Å². The van der Waals surface area contributed by atoms with Crippen LogP contribution in [0.1, 0.15) is 37.6 Å². The van der Waals surface area contributed by atoms with Crippen LogP contribution in [-0.2, 0) is 9.59 Å². The number of carbonyl (C=O) groups is 3.